The van der Waals surface area contributed by atoms with Crippen molar-refractivity contribution in [1.82, 2.24) is 4.98 Å². The largest absolute Gasteiger partial charge is 0.265 e. The third-order valence-electron chi connectivity index (χ3n) is 2.48. The lowest BCUT2D eigenvalue weighted by Gasteiger charge is -2.11. The molecule has 1 aromatic heterocycles. The molecule has 2 aromatic rings. The van der Waals surface area contributed by atoms with Crippen molar-refractivity contribution in [1.29, 1.82) is 0 Å². The summed E-state index contributed by atoms with van der Waals surface area (Å²) >= 11 is 12.1. The Morgan fingerprint density at radius 2 is 1.88 bits per heavy atom. The predicted molar refractivity (Wildman–Crippen MR) is 67.9 cm³/mol. The summed E-state index contributed by atoms with van der Waals surface area (Å²) in [5, 5.41) is -0.248. The van der Waals surface area contributed by atoms with Crippen molar-refractivity contribution in [3.63, 3.8) is 0 Å². The minimum Gasteiger partial charge on any atom is -0.265 e. The highest BCUT2D eigenvalue weighted by Gasteiger charge is 2.14. The van der Waals surface area contributed by atoms with E-state index in [4.69, 9.17) is 23.2 Å². The van der Waals surface area contributed by atoms with E-state index >= 15 is 0 Å². The number of benzene rings is 1. The number of pyridine rings is 1. The van der Waals surface area contributed by atoms with Crippen molar-refractivity contribution in [2.45, 2.75) is 11.8 Å². The molecule has 0 bridgehead atoms. The van der Waals surface area contributed by atoms with Crippen molar-refractivity contribution in [3.8, 4) is 0 Å². The van der Waals surface area contributed by atoms with Crippen LogP contribution in [0.2, 0.25) is 5.02 Å². The lowest BCUT2D eigenvalue weighted by molar-refractivity contribution is 0.625. The van der Waals surface area contributed by atoms with Crippen molar-refractivity contribution < 1.29 is 4.39 Å². The normalized spacial score (nSPS) is 12.4. The van der Waals surface area contributed by atoms with E-state index in [9.17, 15) is 4.39 Å². The smallest absolute Gasteiger partial charge is 0.142 e. The topological polar surface area (TPSA) is 12.9 Å². The average Bonchev–Trinajstić information content (AvgIpc) is 2.34. The Morgan fingerprint density at radius 1 is 1.18 bits per heavy atom. The van der Waals surface area contributed by atoms with Crippen LogP contribution in [0.4, 0.5) is 4.39 Å². The summed E-state index contributed by atoms with van der Waals surface area (Å²) in [6, 6.07) is 8.43. The second-order valence-electron chi connectivity index (χ2n) is 3.67. The van der Waals surface area contributed by atoms with Crippen molar-refractivity contribution in [2.24, 2.45) is 0 Å². The number of halogens is 3. The molecule has 0 aliphatic heterocycles. The standard InChI is InChI=1S/C13H10Cl2FN/c14-11(8-9-4-6-17-7-5-9)10-2-1-3-12(16)13(10)15/h1-7,11H,8H2. The molecule has 0 fully saturated rings. The Labute approximate surface area is 109 Å². The molecule has 1 atom stereocenters. The van der Waals surface area contributed by atoms with E-state index in [0.717, 1.165) is 5.56 Å². The first-order valence-electron chi connectivity index (χ1n) is 5.15. The molecule has 4 heteroatoms. The van der Waals surface area contributed by atoms with E-state index in [1.165, 1.54) is 6.07 Å². The Hall–Kier alpha value is -1.12. The van der Waals surface area contributed by atoms with Gasteiger partial charge in [0.05, 0.1) is 10.4 Å². The molecule has 1 heterocycles. The number of nitrogens with zero attached hydrogens (tertiary/aromatic N) is 1. The van der Waals surface area contributed by atoms with Gasteiger partial charge in [-0.15, -0.1) is 11.6 Å². The second kappa shape index (κ2) is 5.48. The van der Waals surface area contributed by atoms with Crippen LogP contribution in [0, 0.1) is 5.82 Å². The lowest BCUT2D eigenvalue weighted by atomic mass is 10.0. The molecule has 0 radical (unpaired) electrons. The highest BCUT2D eigenvalue weighted by Crippen LogP contribution is 2.31. The van der Waals surface area contributed by atoms with Gasteiger partial charge in [0.15, 0.2) is 0 Å². The Balaban J connectivity index is 2.20. The lowest BCUT2D eigenvalue weighted by Crippen LogP contribution is -1.98. The highest BCUT2D eigenvalue weighted by atomic mass is 35.5. The first-order chi connectivity index (χ1) is 8.18. The molecule has 0 N–H and O–H groups in total. The van der Waals surface area contributed by atoms with Gasteiger partial charge in [0.2, 0.25) is 0 Å². The zero-order valence-electron chi connectivity index (χ0n) is 8.91. The van der Waals surface area contributed by atoms with E-state index in [1.807, 2.05) is 12.1 Å². The molecular weight excluding hydrogens is 260 g/mol. The van der Waals surface area contributed by atoms with Gasteiger partial charge in [-0.2, -0.15) is 0 Å². The zero-order valence-corrected chi connectivity index (χ0v) is 10.4. The Kier molecular flexibility index (Phi) is 3.97. The summed E-state index contributed by atoms with van der Waals surface area (Å²) < 4.78 is 13.3. The molecule has 1 aromatic carbocycles. The third-order valence-corrected chi connectivity index (χ3v) is 3.27. The molecule has 0 saturated heterocycles. The van der Waals surface area contributed by atoms with Gasteiger partial charge in [0.1, 0.15) is 5.82 Å². The Morgan fingerprint density at radius 3 is 2.59 bits per heavy atom. The van der Waals surface area contributed by atoms with E-state index in [1.54, 1.807) is 24.5 Å². The van der Waals surface area contributed by atoms with Gasteiger partial charge in [-0.1, -0.05) is 23.7 Å². The highest BCUT2D eigenvalue weighted by molar-refractivity contribution is 6.33. The quantitative estimate of drug-likeness (QED) is 0.753. The summed E-state index contributed by atoms with van der Waals surface area (Å²) in [6.07, 6.45) is 3.99. The number of hydrogen-bond donors (Lipinski definition) is 0. The molecule has 1 unspecified atom stereocenters. The van der Waals surface area contributed by atoms with Crippen LogP contribution >= 0.6 is 23.2 Å². The van der Waals surface area contributed by atoms with Gasteiger partial charge < -0.3 is 0 Å². The molecule has 1 nitrogen and oxygen atoms in total. The van der Waals surface area contributed by atoms with Crippen LogP contribution in [0.3, 0.4) is 0 Å². The third kappa shape index (κ3) is 2.96. The van der Waals surface area contributed by atoms with Crippen LogP contribution in [0.15, 0.2) is 42.7 Å². The summed E-state index contributed by atoms with van der Waals surface area (Å²) in [6.45, 7) is 0. The van der Waals surface area contributed by atoms with Crippen LogP contribution in [0.1, 0.15) is 16.5 Å². The van der Waals surface area contributed by atoms with Crippen molar-refractivity contribution in [3.05, 3.63) is 64.7 Å². The maximum absolute atomic E-state index is 13.3. The summed E-state index contributed by atoms with van der Waals surface area (Å²) in [4.78, 5) is 3.93. The van der Waals surface area contributed by atoms with E-state index in [0.29, 0.717) is 12.0 Å². The van der Waals surface area contributed by atoms with Crippen molar-refractivity contribution in [2.75, 3.05) is 0 Å². The maximum Gasteiger partial charge on any atom is 0.142 e. The average molecular weight is 270 g/mol. The molecular formula is C13H10Cl2FN. The monoisotopic (exact) mass is 269 g/mol. The fourth-order valence-corrected chi connectivity index (χ4v) is 2.27. The summed E-state index contributed by atoms with van der Waals surface area (Å²) in [5.41, 5.74) is 1.66. The zero-order chi connectivity index (χ0) is 12.3. The summed E-state index contributed by atoms with van der Waals surface area (Å²) in [7, 11) is 0. The molecule has 2 rings (SSSR count). The number of alkyl halides is 1. The second-order valence-corrected chi connectivity index (χ2v) is 4.57. The van der Waals surface area contributed by atoms with Crippen molar-refractivity contribution >= 4 is 23.2 Å². The van der Waals surface area contributed by atoms with E-state index in [-0.39, 0.29) is 10.4 Å². The van der Waals surface area contributed by atoms with E-state index in [2.05, 4.69) is 4.98 Å². The van der Waals surface area contributed by atoms with Crippen LogP contribution in [0.5, 0.6) is 0 Å². The first-order valence-corrected chi connectivity index (χ1v) is 5.97. The SMILES string of the molecule is Fc1cccc(C(Cl)Cc2ccncc2)c1Cl. The Bertz CT molecular complexity index is 502. The maximum atomic E-state index is 13.3. The van der Waals surface area contributed by atoms with Gasteiger partial charge >= 0.3 is 0 Å². The molecule has 17 heavy (non-hydrogen) atoms. The van der Waals surface area contributed by atoms with Crippen LogP contribution in [-0.4, -0.2) is 4.98 Å². The van der Waals surface area contributed by atoms with E-state index < -0.39 is 5.82 Å². The number of aromatic nitrogens is 1. The molecule has 0 aliphatic carbocycles. The molecule has 0 amide bonds. The van der Waals surface area contributed by atoms with Gasteiger partial charge in [-0.3, -0.25) is 4.98 Å². The van der Waals surface area contributed by atoms with Gasteiger partial charge in [-0.25, -0.2) is 4.39 Å². The molecule has 0 aliphatic rings. The minimum absolute atomic E-state index is 0.0987. The fourth-order valence-electron chi connectivity index (χ4n) is 1.60. The number of rotatable bonds is 3. The predicted octanol–water partition coefficient (Wildman–Crippen LogP) is 4.40. The van der Waals surface area contributed by atoms with Gasteiger partial charge in [-0.05, 0) is 35.7 Å². The van der Waals surface area contributed by atoms with Gasteiger partial charge in [0, 0.05) is 12.4 Å². The summed E-state index contributed by atoms with van der Waals surface area (Å²) in [5.74, 6) is -0.440. The van der Waals surface area contributed by atoms with Crippen LogP contribution in [0.25, 0.3) is 0 Å². The van der Waals surface area contributed by atoms with Crippen LogP contribution < -0.4 is 0 Å². The minimum atomic E-state index is -0.440. The molecule has 0 spiro atoms. The first kappa shape index (κ1) is 12.3. The number of hydrogen-bond acceptors (Lipinski definition) is 1. The van der Waals surface area contributed by atoms with Gasteiger partial charge in [0.25, 0.3) is 0 Å². The van der Waals surface area contributed by atoms with Crippen LogP contribution in [-0.2, 0) is 6.42 Å². The molecule has 88 valence electrons. The molecule has 0 saturated carbocycles. The fraction of sp³-hybridized carbons (Fsp3) is 0.154.